The molecule has 1 amide bonds. The molecule has 7 heteroatoms. The van der Waals surface area contributed by atoms with E-state index in [1.54, 1.807) is 0 Å². The highest BCUT2D eigenvalue weighted by Crippen LogP contribution is 2.19. The summed E-state index contributed by atoms with van der Waals surface area (Å²) in [5, 5.41) is 3.40. The van der Waals surface area contributed by atoms with E-state index < -0.39 is 0 Å². The molecule has 0 saturated carbocycles. The predicted molar refractivity (Wildman–Crippen MR) is 117 cm³/mol. The lowest BCUT2D eigenvalue weighted by atomic mass is 9.95. The van der Waals surface area contributed by atoms with Crippen LogP contribution in [0.5, 0.6) is 0 Å². The number of nitrogens with two attached hydrogens (primary N) is 1. The average molecular weight is 467 g/mol. The Morgan fingerprint density at radius 1 is 1.28 bits per heavy atom. The molecule has 1 atom stereocenters. The summed E-state index contributed by atoms with van der Waals surface area (Å²) in [6.07, 6.45) is 4.98. The van der Waals surface area contributed by atoms with E-state index in [0.29, 0.717) is 12.3 Å². The summed E-state index contributed by atoms with van der Waals surface area (Å²) in [6.45, 7) is 13.6. The van der Waals surface area contributed by atoms with Gasteiger partial charge in [-0.25, -0.2) is 0 Å². The topological polar surface area (TPSA) is 74.0 Å². The van der Waals surface area contributed by atoms with Crippen molar-refractivity contribution >= 4 is 35.8 Å². The number of halogens is 1. The molecule has 0 aliphatic carbocycles. The molecule has 1 saturated heterocycles. The molecule has 25 heavy (non-hydrogen) atoms. The van der Waals surface area contributed by atoms with E-state index in [2.05, 4.69) is 35.9 Å². The van der Waals surface area contributed by atoms with Crippen molar-refractivity contribution in [1.82, 2.24) is 15.1 Å². The van der Waals surface area contributed by atoms with Gasteiger partial charge < -0.3 is 20.9 Å². The van der Waals surface area contributed by atoms with Crippen molar-refractivity contribution in [1.29, 1.82) is 0 Å². The van der Waals surface area contributed by atoms with Crippen LogP contribution >= 0.6 is 24.0 Å². The Kier molecular flexibility index (Phi) is 14.3. The monoisotopic (exact) mass is 467 g/mol. The summed E-state index contributed by atoms with van der Waals surface area (Å²) >= 11 is 0. The maximum atomic E-state index is 11.2. The Bertz CT molecular complexity index is 388. The van der Waals surface area contributed by atoms with E-state index in [9.17, 15) is 4.79 Å². The van der Waals surface area contributed by atoms with Gasteiger partial charge >= 0.3 is 0 Å². The number of piperidine rings is 1. The van der Waals surface area contributed by atoms with E-state index in [1.165, 1.54) is 6.42 Å². The summed E-state index contributed by atoms with van der Waals surface area (Å²) in [7, 11) is 0. The van der Waals surface area contributed by atoms with Gasteiger partial charge in [0.25, 0.3) is 0 Å². The maximum Gasteiger partial charge on any atom is 0.217 e. The third-order valence-electron chi connectivity index (χ3n) is 4.68. The lowest BCUT2D eigenvalue weighted by Gasteiger charge is -2.34. The van der Waals surface area contributed by atoms with Gasteiger partial charge in [0.2, 0.25) is 5.91 Å². The van der Waals surface area contributed by atoms with Gasteiger partial charge in [0.1, 0.15) is 0 Å². The number of amides is 1. The molecular formula is C18H38IN5O. The number of unbranched alkanes of at least 4 members (excludes halogenated alkanes) is 1. The Morgan fingerprint density at radius 3 is 2.60 bits per heavy atom. The summed E-state index contributed by atoms with van der Waals surface area (Å²) in [6, 6.07) is 0. The Morgan fingerprint density at radius 2 is 2.00 bits per heavy atom. The summed E-state index contributed by atoms with van der Waals surface area (Å²) in [5.41, 5.74) is 5.36. The number of carbonyl (C=O) groups excluding carboxylic acids is 1. The first kappa shape index (κ1) is 24.4. The molecule has 1 heterocycles. The Hall–Kier alpha value is -0.570. The number of hydrogen-bond donors (Lipinski definition) is 2. The van der Waals surface area contributed by atoms with Gasteiger partial charge in [-0.05, 0) is 58.2 Å². The molecule has 3 N–H and O–H groups in total. The molecule has 0 aromatic rings. The zero-order valence-electron chi connectivity index (χ0n) is 16.3. The van der Waals surface area contributed by atoms with Crippen LogP contribution < -0.4 is 11.1 Å². The highest BCUT2D eigenvalue weighted by molar-refractivity contribution is 14.0. The number of nitrogens with one attached hydrogen (secondary N) is 1. The third-order valence-corrected chi connectivity index (χ3v) is 4.68. The van der Waals surface area contributed by atoms with Crippen LogP contribution in [0.1, 0.15) is 52.9 Å². The fourth-order valence-corrected chi connectivity index (χ4v) is 3.31. The van der Waals surface area contributed by atoms with Crippen LogP contribution in [0.2, 0.25) is 0 Å². The number of aliphatic imine (C=N–C) groups is 1. The lowest BCUT2D eigenvalue weighted by Crippen LogP contribution is -2.47. The summed E-state index contributed by atoms with van der Waals surface area (Å²) in [5.74, 6) is 1.16. The van der Waals surface area contributed by atoms with Gasteiger partial charge in [0.15, 0.2) is 5.96 Å². The van der Waals surface area contributed by atoms with Crippen molar-refractivity contribution in [2.75, 3.05) is 45.8 Å². The fraction of sp³-hybridized carbons (Fsp3) is 0.889. The average Bonchev–Trinajstić information content (AvgIpc) is 2.57. The normalized spacial score (nSPS) is 18.2. The second kappa shape index (κ2) is 14.6. The molecule has 148 valence electrons. The van der Waals surface area contributed by atoms with E-state index in [0.717, 1.165) is 71.0 Å². The minimum absolute atomic E-state index is 0. The molecule has 1 rings (SSSR count). The highest BCUT2D eigenvalue weighted by Gasteiger charge is 2.23. The fourth-order valence-electron chi connectivity index (χ4n) is 3.31. The second-order valence-corrected chi connectivity index (χ2v) is 6.59. The van der Waals surface area contributed by atoms with Crippen LogP contribution in [0.4, 0.5) is 0 Å². The molecule has 1 aliphatic rings. The van der Waals surface area contributed by atoms with Gasteiger partial charge in [-0.3, -0.25) is 9.79 Å². The van der Waals surface area contributed by atoms with Crippen molar-refractivity contribution in [3.8, 4) is 0 Å². The summed E-state index contributed by atoms with van der Waals surface area (Å²) < 4.78 is 0. The number of nitrogens with zero attached hydrogens (tertiary/aromatic N) is 3. The molecule has 1 aliphatic heterocycles. The van der Waals surface area contributed by atoms with E-state index in [1.807, 2.05) is 0 Å². The zero-order chi connectivity index (χ0) is 17.8. The van der Waals surface area contributed by atoms with Crippen LogP contribution in [0.3, 0.4) is 0 Å². The van der Waals surface area contributed by atoms with Crippen LogP contribution in [0.15, 0.2) is 4.99 Å². The molecule has 0 aromatic carbocycles. The lowest BCUT2D eigenvalue weighted by molar-refractivity contribution is -0.119. The van der Waals surface area contributed by atoms with Crippen LogP contribution in [0, 0.1) is 5.92 Å². The van der Waals surface area contributed by atoms with Gasteiger partial charge in [-0.1, -0.05) is 13.8 Å². The minimum Gasteiger partial charge on any atom is -0.370 e. The predicted octanol–water partition coefficient (Wildman–Crippen LogP) is 2.28. The van der Waals surface area contributed by atoms with Crippen molar-refractivity contribution in [2.24, 2.45) is 16.6 Å². The molecule has 0 bridgehead atoms. The molecule has 0 aromatic heterocycles. The number of primary amides is 1. The van der Waals surface area contributed by atoms with Gasteiger partial charge in [0, 0.05) is 32.6 Å². The van der Waals surface area contributed by atoms with E-state index >= 15 is 0 Å². The van der Waals surface area contributed by atoms with Crippen molar-refractivity contribution in [3.05, 3.63) is 0 Å². The molecule has 6 nitrogen and oxygen atoms in total. The Labute approximate surface area is 171 Å². The minimum atomic E-state index is -0.194. The largest absolute Gasteiger partial charge is 0.370 e. The van der Waals surface area contributed by atoms with Crippen molar-refractivity contribution < 1.29 is 4.79 Å². The first-order valence-electron chi connectivity index (χ1n) is 9.64. The second-order valence-electron chi connectivity index (χ2n) is 6.59. The highest BCUT2D eigenvalue weighted by atomic mass is 127. The third kappa shape index (κ3) is 10.2. The van der Waals surface area contributed by atoms with E-state index in [-0.39, 0.29) is 29.9 Å². The smallest absolute Gasteiger partial charge is 0.217 e. The standard InChI is InChI=1S/C18H37N5O.HI/c1-4-20-18(21-11-7-8-12-22(5-2)6-3)23-13-9-10-16(15-23)14-17(19)24;/h16H,4-15H2,1-3H3,(H2,19,24)(H,20,21);1H. The first-order valence-corrected chi connectivity index (χ1v) is 9.64. The van der Waals surface area contributed by atoms with Crippen LogP contribution in [-0.2, 0) is 4.79 Å². The van der Waals surface area contributed by atoms with Crippen molar-refractivity contribution in [3.63, 3.8) is 0 Å². The van der Waals surface area contributed by atoms with Gasteiger partial charge in [0.05, 0.1) is 0 Å². The van der Waals surface area contributed by atoms with Gasteiger partial charge in [-0.15, -0.1) is 24.0 Å². The number of guanidine groups is 1. The van der Waals surface area contributed by atoms with Gasteiger partial charge in [-0.2, -0.15) is 0 Å². The first-order chi connectivity index (χ1) is 11.6. The zero-order valence-corrected chi connectivity index (χ0v) is 18.6. The van der Waals surface area contributed by atoms with E-state index in [4.69, 9.17) is 10.7 Å². The SMILES string of the molecule is CCNC(=NCCCCN(CC)CC)N1CCCC(CC(N)=O)C1.I. The maximum absolute atomic E-state index is 11.2. The molecule has 1 fully saturated rings. The summed E-state index contributed by atoms with van der Waals surface area (Å²) in [4.78, 5) is 20.7. The molecule has 0 spiro atoms. The number of hydrogen-bond acceptors (Lipinski definition) is 3. The van der Waals surface area contributed by atoms with Crippen molar-refractivity contribution in [2.45, 2.75) is 52.9 Å². The molecular weight excluding hydrogens is 429 g/mol. The Balaban J connectivity index is 0.00000576. The number of carbonyl (C=O) groups is 1. The van der Waals surface area contributed by atoms with Crippen LogP contribution in [0.25, 0.3) is 0 Å². The number of rotatable bonds is 10. The molecule has 1 unspecified atom stereocenters. The molecule has 0 radical (unpaired) electrons. The number of likely N-dealkylation sites (tertiary alicyclic amines) is 1. The van der Waals surface area contributed by atoms with Crippen LogP contribution in [-0.4, -0.2) is 67.5 Å². The quantitative estimate of drug-likeness (QED) is 0.224.